The van der Waals surface area contributed by atoms with Gasteiger partial charge in [0.2, 0.25) is 6.10 Å². The summed E-state index contributed by atoms with van der Waals surface area (Å²) >= 11 is 0. The second-order valence-corrected chi connectivity index (χ2v) is 12.3. The lowest BCUT2D eigenvalue weighted by molar-refractivity contribution is -0.326. The zero-order valence-electron chi connectivity index (χ0n) is 22.6. The van der Waals surface area contributed by atoms with Crippen molar-refractivity contribution in [2.75, 3.05) is 13.7 Å². The summed E-state index contributed by atoms with van der Waals surface area (Å²) in [4.78, 5) is 52.5. The van der Waals surface area contributed by atoms with Gasteiger partial charge >= 0.3 is 17.9 Å². The van der Waals surface area contributed by atoms with Crippen LogP contribution in [0.4, 0.5) is 0 Å². The smallest absolute Gasteiger partial charge is 0.348 e. The van der Waals surface area contributed by atoms with Gasteiger partial charge in [-0.05, 0) is 43.1 Å². The lowest BCUT2D eigenvalue weighted by Gasteiger charge is -2.70. The molecule has 0 aromatic rings. The fourth-order valence-electron chi connectivity index (χ4n) is 8.34. The third kappa shape index (κ3) is 3.57. The largest absolute Gasteiger partial charge is 0.504 e. The summed E-state index contributed by atoms with van der Waals surface area (Å²) < 4.78 is 16.5. The van der Waals surface area contributed by atoms with Crippen molar-refractivity contribution in [1.82, 2.24) is 0 Å². The molecule has 11 heteroatoms. The zero-order chi connectivity index (χ0) is 28.5. The predicted molar refractivity (Wildman–Crippen MR) is 129 cm³/mol. The number of esters is 3. The Labute approximate surface area is 221 Å². The molecule has 11 nitrogen and oxygen atoms in total. The number of aliphatic hydroxyl groups is 4. The van der Waals surface area contributed by atoms with E-state index in [2.05, 4.69) is 0 Å². The maximum Gasteiger partial charge on any atom is 0.348 e. The van der Waals surface area contributed by atoms with E-state index in [1.807, 2.05) is 0 Å². The van der Waals surface area contributed by atoms with Crippen molar-refractivity contribution in [3.63, 3.8) is 0 Å². The van der Waals surface area contributed by atoms with Gasteiger partial charge in [-0.3, -0.25) is 14.4 Å². The highest BCUT2D eigenvalue weighted by atomic mass is 16.6. The monoisotopic (exact) mass is 538 g/mol. The molecule has 10 atom stereocenters. The molecule has 0 aromatic carbocycles. The summed E-state index contributed by atoms with van der Waals surface area (Å²) in [5.41, 5.74) is -4.35. The van der Waals surface area contributed by atoms with Crippen LogP contribution in [0, 0.1) is 39.9 Å². The number of fused-ring (bicyclic) bond motifs is 2. The van der Waals surface area contributed by atoms with Crippen LogP contribution in [0.1, 0.15) is 53.9 Å². The fraction of sp³-hybridized carbons (Fsp3) is 0.778. The van der Waals surface area contributed by atoms with Crippen LogP contribution < -0.4 is 0 Å². The Morgan fingerprint density at radius 2 is 1.79 bits per heavy atom. The van der Waals surface area contributed by atoms with Gasteiger partial charge in [-0.15, -0.1) is 0 Å². The van der Waals surface area contributed by atoms with Crippen LogP contribution in [-0.2, 0) is 33.4 Å². The van der Waals surface area contributed by atoms with E-state index in [0.29, 0.717) is 5.57 Å². The topological polar surface area (TPSA) is 177 Å². The van der Waals surface area contributed by atoms with E-state index in [-0.39, 0.29) is 25.2 Å². The highest BCUT2D eigenvalue weighted by Crippen LogP contribution is 2.71. The minimum atomic E-state index is -2.00. The number of carbonyl (C=O) groups is 4. The number of hydrogen-bond donors (Lipinski definition) is 4. The lowest BCUT2D eigenvalue weighted by atomic mass is 9.35. The first-order valence-electron chi connectivity index (χ1n) is 13.0. The Bertz CT molecular complexity index is 1080. The molecule has 3 aliphatic carbocycles. The molecule has 0 aromatic heterocycles. The quantitative estimate of drug-likeness (QED) is 0.288. The number of ketones is 1. The van der Waals surface area contributed by atoms with Gasteiger partial charge in [0.05, 0.1) is 25.9 Å². The van der Waals surface area contributed by atoms with Gasteiger partial charge in [-0.25, -0.2) is 4.79 Å². The number of hydrogen-bond acceptors (Lipinski definition) is 11. The van der Waals surface area contributed by atoms with Crippen molar-refractivity contribution in [3.05, 3.63) is 11.3 Å². The van der Waals surface area contributed by atoms with Crippen molar-refractivity contribution in [2.24, 2.45) is 39.9 Å². The van der Waals surface area contributed by atoms with Gasteiger partial charge in [-0.2, -0.15) is 0 Å². The minimum absolute atomic E-state index is 0.0346. The van der Waals surface area contributed by atoms with Crippen molar-refractivity contribution in [3.8, 4) is 0 Å². The maximum absolute atomic E-state index is 13.5. The van der Waals surface area contributed by atoms with Crippen LogP contribution in [0.15, 0.2) is 11.3 Å². The molecule has 1 heterocycles. The first-order valence-corrected chi connectivity index (χ1v) is 13.0. The van der Waals surface area contributed by atoms with E-state index < -0.39 is 94.5 Å². The van der Waals surface area contributed by atoms with Gasteiger partial charge in [0.15, 0.2) is 11.5 Å². The van der Waals surface area contributed by atoms with Gasteiger partial charge in [0, 0.05) is 30.1 Å². The number of ether oxygens (including phenoxy) is 3. The predicted octanol–water partition coefficient (Wildman–Crippen LogP) is 0.827. The van der Waals surface area contributed by atoms with Crippen LogP contribution in [0.3, 0.4) is 0 Å². The van der Waals surface area contributed by atoms with E-state index in [4.69, 9.17) is 14.2 Å². The molecule has 3 fully saturated rings. The van der Waals surface area contributed by atoms with E-state index in [1.165, 1.54) is 6.92 Å². The molecular weight excluding hydrogens is 500 g/mol. The molecule has 0 radical (unpaired) electrons. The van der Waals surface area contributed by atoms with E-state index in [0.717, 1.165) is 7.11 Å². The molecule has 0 spiro atoms. The number of aliphatic hydroxyl groups excluding tert-OH is 4. The van der Waals surface area contributed by atoms with Gasteiger partial charge in [0.25, 0.3) is 0 Å². The Morgan fingerprint density at radius 3 is 2.34 bits per heavy atom. The first kappa shape index (κ1) is 28.5. The molecule has 4 aliphatic rings. The number of rotatable bonds is 5. The molecule has 4 rings (SSSR count). The van der Waals surface area contributed by atoms with Crippen molar-refractivity contribution >= 4 is 23.7 Å². The Balaban J connectivity index is 1.99. The molecule has 0 amide bonds. The van der Waals surface area contributed by atoms with Gasteiger partial charge < -0.3 is 34.6 Å². The van der Waals surface area contributed by atoms with Crippen molar-refractivity contribution < 1.29 is 53.8 Å². The molecule has 1 saturated heterocycles. The van der Waals surface area contributed by atoms with Crippen LogP contribution >= 0.6 is 0 Å². The average Bonchev–Trinajstić information content (AvgIpc) is 2.84. The molecule has 2 saturated carbocycles. The average molecular weight is 539 g/mol. The van der Waals surface area contributed by atoms with Gasteiger partial charge in [-0.1, -0.05) is 20.8 Å². The SMILES string of the molecule is COC(=O)[C@@]1(C)C2[C@H](OC(=O)CC(C)C)C(=O)O[C@H]3C[C@@H]4C(C)=C(O)C(=O)C[C@@]4(C)[C@H]([C@H](O)[C@H]1O)[C@@]23CO. The number of carbonyl (C=O) groups excluding carboxylic acids is 4. The summed E-state index contributed by atoms with van der Waals surface area (Å²) in [6.07, 6.45) is -6.43. The third-order valence-corrected chi connectivity index (χ3v) is 9.87. The second-order valence-electron chi connectivity index (χ2n) is 12.3. The number of methoxy groups -OCH3 is 1. The Hall–Kier alpha value is -2.50. The van der Waals surface area contributed by atoms with Gasteiger partial charge in [0.1, 0.15) is 11.5 Å². The summed E-state index contributed by atoms with van der Waals surface area (Å²) in [6, 6.07) is 0. The second kappa shape index (κ2) is 9.31. The highest BCUT2D eigenvalue weighted by Gasteiger charge is 2.79. The van der Waals surface area contributed by atoms with Crippen molar-refractivity contribution in [2.45, 2.75) is 78.3 Å². The molecule has 38 heavy (non-hydrogen) atoms. The molecule has 4 N–H and O–H groups in total. The van der Waals surface area contributed by atoms with E-state index in [9.17, 15) is 39.6 Å². The molecular formula is C27H38O11. The lowest BCUT2D eigenvalue weighted by Crippen LogP contribution is -2.80. The zero-order valence-corrected chi connectivity index (χ0v) is 22.6. The highest BCUT2D eigenvalue weighted by molar-refractivity contribution is 5.95. The maximum atomic E-state index is 13.5. The molecule has 212 valence electrons. The van der Waals surface area contributed by atoms with E-state index in [1.54, 1.807) is 27.7 Å². The normalized spacial score (nSPS) is 44.2. The summed E-state index contributed by atoms with van der Waals surface area (Å²) in [5.74, 6) is -6.68. The van der Waals surface area contributed by atoms with E-state index >= 15 is 0 Å². The minimum Gasteiger partial charge on any atom is -0.504 e. The fourth-order valence-corrected chi connectivity index (χ4v) is 8.34. The standard InChI is InChI=1S/C27H38O11/c1-11(2)7-16(30)38-19-21-26(5,24(35)36-6)22(33)18(32)20-25(4)9-14(29)17(31)12(3)13(25)8-15(37-23(19)34)27(20,21)10-28/h11,13,15,18-22,28,31-33H,7-10H2,1-6H3/t13-,15+,18+,19+,20+,21?,22-,25-,26+,27+/m1/s1. The number of Topliss-reactive ketones (excluding diaryl/α,β-unsaturated/α-hetero) is 1. The first-order chi connectivity index (χ1) is 17.6. The van der Waals surface area contributed by atoms with Crippen molar-refractivity contribution in [1.29, 1.82) is 0 Å². The number of allylic oxidation sites excluding steroid dienone is 2. The summed E-state index contributed by atoms with van der Waals surface area (Å²) in [7, 11) is 1.09. The van der Waals surface area contributed by atoms with Crippen LogP contribution in [-0.4, -0.2) is 82.2 Å². The molecule has 1 unspecified atom stereocenters. The molecule has 1 aliphatic heterocycles. The Kier molecular flexibility index (Phi) is 6.98. The third-order valence-electron chi connectivity index (χ3n) is 9.87. The summed E-state index contributed by atoms with van der Waals surface area (Å²) in [6.45, 7) is 7.50. The van der Waals surface area contributed by atoms with Crippen LogP contribution in [0.5, 0.6) is 0 Å². The Morgan fingerprint density at radius 1 is 1.16 bits per heavy atom. The van der Waals surface area contributed by atoms with Crippen LogP contribution in [0.25, 0.3) is 0 Å². The molecule has 0 bridgehead atoms. The summed E-state index contributed by atoms with van der Waals surface area (Å²) in [5, 5.41) is 44.8. The van der Waals surface area contributed by atoms with Crippen LogP contribution in [0.2, 0.25) is 0 Å².